The summed E-state index contributed by atoms with van der Waals surface area (Å²) in [5.41, 5.74) is -0.670. The molecule has 1 atom stereocenters. The molecule has 3 aromatic rings. The molecule has 4 rings (SSSR count). The number of oxazole rings is 1. The predicted molar refractivity (Wildman–Crippen MR) is 98.5 cm³/mol. The van der Waals surface area contributed by atoms with Gasteiger partial charge in [0.15, 0.2) is 5.69 Å². The standard InChI is InChI=1S/C20H16F4N4O3/c21-12-3-4-14(18-25-5-7-30-18)15(8-12)19(29)28-6-1-2-13(11-28)31-17-10-26-16(9-27-17)20(22,23)24/h3-5,7-10,13H,1-2,6,11H2. The van der Waals surface area contributed by atoms with Crippen molar-refractivity contribution in [1.29, 1.82) is 0 Å². The van der Waals surface area contributed by atoms with Crippen LogP contribution >= 0.6 is 0 Å². The van der Waals surface area contributed by atoms with Gasteiger partial charge in [0, 0.05) is 6.54 Å². The summed E-state index contributed by atoms with van der Waals surface area (Å²) in [7, 11) is 0. The number of hydrogen-bond donors (Lipinski definition) is 0. The SMILES string of the molecule is O=C(c1cc(F)ccc1-c1ncco1)N1CCCC(Oc2cnc(C(F)(F)F)cn2)C1. The molecule has 0 radical (unpaired) electrons. The van der Waals surface area contributed by atoms with Gasteiger partial charge < -0.3 is 14.1 Å². The Bertz CT molecular complexity index is 1060. The van der Waals surface area contributed by atoms with E-state index >= 15 is 0 Å². The van der Waals surface area contributed by atoms with Gasteiger partial charge in [0.05, 0.1) is 36.3 Å². The monoisotopic (exact) mass is 436 g/mol. The minimum Gasteiger partial charge on any atom is -0.471 e. The minimum atomic E-state index is -4.59. The fourth-order valence-electron chi connectivity index (χ4n) is 3.32. The Kier molecular flexibility index (Phi) is 5.57. The van der Waals surface area contributed by atoms with E-state index in [9.17, 15) is 22.4 Å². The Morgan fingerprint density at radius 3 is 2.71 bits per heavy atom. The van der Waals surface area contributed by atoms with Gasteiger partial charge in [-0.2, -0.15) is 13.2 Å². The highest BCUT2D eigenvalue weighted by molar-refractivity contribution is 6.00. The number of likely N-dealkylation sites (tertiary alicyclic amines) is 1. The molecule has 3 heterocycles. The quantitative estimate of drug-likeness (QED) is 0.576. The Morgan fingerprint density at radius 1 is 1.19 bits per heavy atom. The summed E-state index contributed by atoms with van der Waals surface area (Å²) < 4.78 is 62.6. The zero-order valence-corrected chi connectivity index (χ0v) is 16.0. The minimum absolute atomic E-state index is 0.0708. The van der Waals surface area contributed by atoms with E-state index in [1.165, 1.54) is 29.5 Å². The van der Waals surface area contributed by atoms with Crippen LogP contribution in [-0.2, 0) is 6.18 Å². The van der Waals surface area contributed by atoms with Gasteiger partial charge in [-0.3, -0.25) is 4.79 Å². The molecule has 0 saturated carbocycles. The van der Waals surface area contributed by atoms with Crippen LogP contribution < -0.4 is 4.74 Å². The van der Waals surface area contributed by atoms with Crippen LogP contribution in [0, 0.1) is 5.82 Å². The first-order valence-corrected chi connectivity index (χ1v) is 9.36. The second kappa shape index (κ2) is 8.32. The molecule has 0 N–H and O–H groups in total. The number of nitrogens with zero attached hydrogens (tertiary/aromatic N) is 4. The number of benzene rings is 1. The number of aromatic nitrogens is 3. The van der Waals surface area contributed by atoms with Gasteiger partial charge in [0.25, 0.3) is 5.91 Å². The predicted octanol–water partition coefficient (Wildman–Crippen LogP) is 3.97. The van der Waals surface area contributed by atoms with Crippen molar-refractivity contribution in [3.8, 4) is 17.3 Å². The summed E-state index contributed by atoms with van der Waals surface area (Å²) in [4.78, 5) is 25.6. The number of carbonyl (C=O) groups excluding carboxylic acids is 1. The van der Waals surface area contributed by atoms with Crippen LogP contribution in [0.15, 0.2) is 47.5 Å². The van der Waals surface area contributed by atoms with E-state index in [4.69, 9.17) is 9.15 Å². The summed E-state index contributed by atoms with van der Waals surface area (Å²) >= 11 is 0. The van der Waals surface area contributed by atoms with Crippen molar-refractivity contribution in [2.24, 2.45) is 0 Å². The van der Waals surface area contributed by atoms with Gasteiger partial charge >= 0.3 is 6.18 Å². The normalized spacial score (nSPS) is 16.9. The zero-order valence-electron chi connectivity index (χ0n) is 16.0. The first-order chi connectivity index (χ1) is 14.8. The molecule has 31 heavy (non-hydrogen) atoms. The third kappa shape index (κ3) is 4.65. The van der Waals surface area contributed by atoms with Gasteiger partial charge in [0.2, 0.25) is 11.8 Å². The first kappa shape index (κ1) is 20.8. The lowest BCUT2D eigenvalue weighted by Crippen LogP contribution is -2.44. The molecule has 11 heteroatoms. The molecule has 1 aromatic carbocycles. The maximum atomic E-state index is 13.9. The smallest absolute Gasteiger partial charge is 0.434 e. The van der Waals surface area contributed by atoms with E-state index in [1.54, 1.807) is 0 Å². The van der Waals surface area contributed by atoms with Crippen molar-refractivity contribution < 1.29 is 31.5 Å². The lowest BCUT2D eigenvalue weighted by molar-refractivity contribution is -0.141. The number of carbonyl (C=O) groups is 1. The first-order valence-electron chi connectivity index (χ1n) is 9.36. The largest absolute Gasteiger partial charge is 0.471 e. The molecule has 1 saturated heterocycles. The second-order valence-corrected chi connectivity index (χ2v) is 6.90. The van der Waals surface area contributed by atoms with E-state index in [0.717, 1.165) is 12.3 Å². The number of alkyl halides is 3. The van der Waals surface area contributed by atoms with Gasteiger partial charge in [0.1, 0.15) is 18.2 Å². The molecule has 1 aliphatic heterocycles. The Hall–Kier alpha value is -3.50. The lowest BCUT2D eigenvalue weighted by atomic mass is 10.0. The van der Waals surface area contributed by atoms with Crippen molar-refractivity contribution in [2.45, 2.75) is 25.1 Å². The molecule has 0 aliphatic carbocycles. The number of amides is 1. The molecule has 2 aromatic heterocycles. The molecule has 1 unspecified atom stereocenters. The summed E-state index contributed by atoms with van der Waals surface area (Å²) in [5.74, 6) is -0.894. The van der Waals surface area contributed by atoms with Crippen molar-refractivity contribution in [2.75, 3.05) is 13.1 Å². The van der Waals surface area contributed by atoms with Crippen LogP contribution in [0.25, 0.3) is 11.5 Å². The molecular weight excluding hydrogens is 420 g/mol. The van der Waals surface area contributed by atoms with E-state index in [2.05, 4.69) is 15.0 Å². The van der Waals surface area contributed by atoms with E-state index < -0.39 is 29.7 Å². The number of piperidine rings is 1. The molecule has 0 spiro atoms. The van der Waals surface area contributed by atoms with Gasteiger partial charge in [-0.15, -0.1) is 0 Å². The fourth-order valence-corrected chi connectivity index (χ4v) is 3.32. The average Bonchev–Trinajstić information content (AvgIpc) is 3.28. The number of hydrogen-bond acceptors (Lipinski definition) is 6. The molecular formula is C20H16F4N4O3. The molecule has 1 amide bonds. The summed E-state index contributed by atoms with van der Waals surface area (Å²) in [6.45, 7) is 0.571. The molecule has 1 aliphatic rings. The fraction of sp³-hybridized carbons (Fsp3) is 0.300. The van der Waals surface area contributed by atoms with E-state index in [0.29, 0.717) is 31.1 Å². The highest BCUT2D eigenvalue weighted by Crippen LogP contribution is 2.28. The third-order valence-corrected chi connectivity index (χ3v) is 4.75. The van der Waals surface area contributed by atoms with Crippen LogP contribution in [0.1, 0.15) is 28.9 Å². The van der Waals surface area contributed by atoms with Crippen molar-refractivity contribution in [3.05, 3.63) is 60.1 Å². The summed E-state index contributed by atoms with van der Waals surface area (Å²) in [5, 5.41) is 0. The molecule has 162 valence electrons. The molecule has 1 fully saturated rings. The van der Waals surface area contributed by atoms with Crippen molar-refractivity contribution in [3.63, 3.8) is 0 Å². The number of ether oxygens (including phenoxy) is 1. The Morgan fingerprint density at radius 2 is 2.03 bits per heavy atom. The van der Waals surface area contributed by atoms with Crippen molar-refractivity contribution >= 4 is 5.91 Å². The van der Waals surface area contributed by atoms with Gasteiger partial charge in [-0.1, -0.05) is 0 Å². The van der Waals surface area contributed by atoms with Crippen LogP contribution in [0.2, 0.25) is 0 Å². The van der Waals surface area contributed by atoms with Crippen molar-refractivity contribution in [1.82, 2.24) is 19.9 Å². The van der Waals surface area contributed by atoms with Crippen LogP contribution in [0.5, 0.6) is 5.88 Å². The van der Waals surface area contributed by atoms with Gasteiger partial charge in [-0.05, 0) is 31.0 Å². The van der Waals surface area contributed by atoms with E-state index in [-0.39, 0.29) is 23.9 Å². The lowest BCUT2D eigenvalue weighted by Gasteiger charge is -2.33. The zero-order chi connectivity index (χ0) is 22.0. The van der Waals surface area contributed by atoms with Crippen LogP contribution in [-0.4, -0.2) is 45.0 Å². The highest BCUT2D eigenvalue weighted by atomic mass is 19.4. The topological polar surface area (TPSA) is 81.4 Å². The third-order valence-electron chi connectivity index (χ3n) is 4.75. The number of rotatable bonds is 4. The maximum Gasteiger partial charge on any atom is 0.434 e. The van der Waals surface area contributed by atoms with Crippen LogP contribution in [0.4, 0.5) is 17.6 Å². The van der Waals surface area contributed by atoms with Crippen LogP contribution in [0.3, 0.4) is 0 Å². The summed E-state index contributed by atoms with van der Waals surface area (Å²) in [6, 6.07) is 3.75. The summed E-state index contributed by atoms with van der Waals surface area (Å²) in [6.07, 6.45) is 0.336. The van der Waals surface area contributed by atoms with Gasteiger partial charge in [-0.25, -0.2) is 19.3 Å². The highest BCUT2D eigenvalue weighted by Gasteiger charge is 2.33. The maximum absolute atomic E-state index is 13.9. The Labute approximate surface area is 173 Å². The molecule has 7 nitrogen and oxygen atoms in total. The van der Waals surface area contributed by atoms with E-state index in [1.807, 2.05) is 0 Å². The molecule has 0 bridgehead atoms. The number of halogens is 4. The Balaban J connectivity index is 1.49. The second-order valence-electron chi connectivity index (χ2n) is 6.90. The average molecular weight is 436 g/mol.